The largest absolute Gasteiger partial charge is 0.127 e. The van der Waals surface area contributed by atoms with Crippen molar-refractivity contribution in [3.63, 3.8) is 0 Å². The average molecular weight is 175 g/mol. The molecule has 11 heavy (non-hydrogen) atoms. The fourth-order valence-corrected chi connectivity index (χ4v) is 1.18. The number of hydrogen-bond donors (Lipinski definition) is 0. The predicted octanol–water partition coefficient (Wildman–Crippen LogP) is 4.14. The van der Waals surface area contributed by atoms with Gasteiger partial charge >= 0.3 is 0 Å². The molecular weight excluding hydrogens is 156 g/mol. The van der Waals surface area contributed by atoms with Crippen LogP contribution in [-0.2, 0) is 0 Å². The van der Waals surface area contributed by atoms with E-state index in [0.717, 1.165) is 5.88 Å². The highest BCUT2D eigenvalue weighted by molar-refractivity contribution is 6.17. The Balaban J connectivity index is 2.85. The summed E-state index contributed by atoms with van der Waals surface area (Å²) >= 11 is 5.55. The summed E-state index contributed by atoms with van der Waals surface area (Å²) in [6.45, 7) is 2.17. The Morgan fingerprint density at radius 2 is 1.73 bits per heavy atom. The van der Waals surface area contributed by atoms with Crippen LogP contribution >= 0.6 is 11.6 Å². The summed E-state index contributed by atoms with van der Waals surface area (Å²) in [7, 11) is 0. The Morgan fingerprint density at radius 1 is 1.00 bits per heavy atom. The van der Waals surface area contributed by atoms with Gasteiger partial charge in [-0.05, 0) is 25.7 Å². The van der Waals surface area contributed by atoms with Crippen molar-refractivity contribution in [1.82, 2.24) is 0 Å². The van der Waals surface area contributed by atoms with Gasteiger partial charge in [-0.15, -0.1) is 11.6 Å². The summed E-state index contributed by atoms with van der Waals surface area (Å²) in [5, 5.41) is 0. The van der Waals surface area contributed by atoms with Gasteiger partial charge in [0.25, 0.3) is 0 Å². The van der Waals surface area contributed by atoms with Gasteiger partial charge in [-0.25, -0.2) is 0 Å². The summed E-state index contributed by atoms with van der Waals surface area (Å²) in [5.74, 6) is 0.824. The highest BCUT2D eigenvalue weighted by Gasteiger charge is 1.86. The predicted molar refractivity (Wildman–Crippen MR) is 53.2 cm³/mol. The van der Waals surface area contributed by atoms with E-state index >= 15 is 0 Å². The lowest BCUT2D eigenvalue weighted by Gasteiger charge is -1.94. The third-order valence-corrected chi connectivity index (χ3v) is 1.92. The molecule has 0 atom stereocenters. The highest BCUT2D eigenvalue weighted by atomic mass is 35.5. The van der Waals surface area contributed by atoms with E-state index in [0.29, 0.717) is 0 Å². The molecule has 0 radical (unpaired) electrons. The first-order chi connectivity index (χ1) is 5.41. The normalized spacial score (nSPS) is 11.1. The van der Waals surface area contributed by atoms with Crippen LogP contribution in [0.1, 0.15) is 45.4 Å². The first-order valence-electron chi connectivity index (χ1n) is 4.62. The number of halogens is 1. The summed E-state index contributed by atoms with van der Waals surface area (Å²) in [5.41, 5.74) is 0. The van der Waals surface area contributed by atoms with Gasteiger partial charge in [-0.1, -0.05) is 31.9 Å². The van der Waals surface area contributed by atoms with Crippen molar-refractivity contribution in [2.45, 2.75) is 45.4 Å². The third kappa shape index (κ3) is 10.0. The van der Waals surface area contributed by atoms with Crippen molar-refractivity contribution >= 4 is 11.6 Å². The molecule has 0 aromatic heterocycles. The lowest BCUT2D eigenvalue weighted by molar-refractivity contribution is 0.676. The van der Waals surface area contributed by atoms with E-state index in [1.165, 1.54) is 38.5 Å². The molecule has 0 heterocycles. The molecule has 0 fully saturated rings. The van der Waals surface area contributed by atoms with Gasteiger partial charge in [0.2, 0.25) is 0 Å². The molecule has 0 nitrogen and oxygen atoms in total. The lowest BCUT2D eigenvalue weighted by Crippen LogP contribution is -1.77. The van der Waals surface area contributed by atoms with E-state index in [4.69, 9.17) is 11.6 Å². The first-order valence-corrected chi connectivity index (χ1v) is 5.16. The SMILES string of the molecule is CCC=CCCCCCCCl. The molecule has 0 bridgehead atoms. The Hall–Kier alpha value is 0.0300. The zero-order valence-electron chi connectivity index (χ0n) is 7.48. The van der Waals surface area contributed by atoms with Gasteiger partial charge in [-0.2, -0.15) is 0 Å². The molecule has 0 aliphatic rings. The van der Waals surface area contributed by atoms with Crippen molar-refractivity contribution in [2.75, 3.05) is 5.88 Å². The van der Waals surface area contributed by atoms with Gasteiger partial charge in [-0.3, -0.25) is 0 Å². The number of hydrogen-bond acceptors (Lipinski definition) is 0. The maximum atomic E-state index is 5.55. The van der Waals surface area contributed by atoms with Crippen molar-refractivity contribution in [3.05, 3.63) is 12.2 Å². The number of allylic oxidation sites excluding steroid dienone is 2. The van der Waals surface area contributed by atoms with Gasteiger partial charge in [0.15, 0.2) is 0 Å². The van der Waals surface area contributed by atoms with Crippen molar-refractivity contribution in [2.24, 2.45) is 0 Å². The Kier molecular flexibility index (Phi) is 10.1. The van der Waals surface area contributed by atoms with Crippen molar-refractivity contribution in [1.29, 1.82) is 0 Å². The second-order valence-corrected chi connectivity index (χ2v) is 3.15. The topological polar surface area (TPSA) is 0 Å². The second kappa shape index (κ2) is 10.0. The van der Waals surface area contributed by atoms with E-state index in [1.54, 1.807) is 0 Å². The highest BCUT2D eigenvalue weighted by Crippen LogP contribution is 2.04. The monoisotopic (exact) mass is 174 g/mol. The molecule has 0 rings (SSSR count). The Morgan fingerprint density at radius 3 is 2.36 bits per heavy atom. The zero-order chi connectivity index (χ0) is 8.36. The van der Waals surface area contributed by atoms with E-state index in [9.17, 15) is 0 Å². The maximum Gasteiger partial charge on any atom is 0.0223 e. The molecule has 0 aliphatic carbocycles. The molecule has 0 N–H and O–H groups in total. The Bertz CT molecular complexity index is 86.9. The summed E-state index contributed by atoms with van der Waals surface area (Å²) < 4.78 is 0. The van der Waals surface area contributed by atoms with E-state index in [2.05, 4.69) is 19.1 Å². The van der Waals surface area contributed by atoms with Crippen molar-refractivity contribution < 1.29 is 0 Å². The van der Waals surface area contributed by atoms with Gasteiger partial charge in [0.05, 0.1) is 0 Å². The zero-order valence-corrected chi connectivity index (χ0v) is 8.24. The molecule has 0 amide bonds. The first kappa shape index (κ1) is 11.0. The van der Waals surface area contributed by atoms with Gasteiger partial charge < -0.3 is 0 Å². The van der Waals surface area contributed by atoms with E-state index < -0.39 is 0 Å². The molecule has 0 unspecified atom stereocenters. The van der Waals surface area contributed by atoms with Gasteiger partial charge in [0.1, 0.15) is 0 Å². The molecule has 0 spiro atoms. The van der Waals surface area contributed by atoms with E-state index in [1.807, 2.05) is 0 Å². The van der Waals surface area contributed by atoms with Crippen LogP contribution in [0.4, 0.5) is 0 Å². The molecule has 0 aromatic rings. The van der Waals surface area contributed by atoms with Crippen LogP contribution in [0.15, 0.2) is 12.2 Å². The molecule has 0 aliphatic heterocycles. The summed E-state index contributed by atoms with van der Waals surface area (Å²) in [6.07, 6.45) is 12.1. The number of alkyl halides is 1. The van der Waals surface area contributed by atoms with Gasteiger partial charge in [0, 0.05) is 5.88 Å². The minimum Gasteiger partial charge on any atom is -0.127 e. The molecule has 0 saturated heterocycles. The molecule has 0 aromatic carbocycles. The fraction of sp³-hybridized carbons (Fsp3) is 0.800. The van der Waals surface area contributed by atoms with Crippen molar-refractivity contribution in [3.8, 4) is 0 Å². The minimum absolute atomic E-state index is 0.824. The smallest absolute Gasteiger partial charge is 0.0223 e. The van der Waals surface area contributed by atoms with Crippen LogP contribution in [-0.4, -0.2) is 5.88 Å². The summed E-state index contributed by atoms with van der Waals surface area (Å²) in [6, 6.07) is 0. The average Bonchev–Trinajstić information content (AvgIpc) is 2.03. The van der Waals surface area contributed by atoms with Crippen LogP contribution in [0.2, 0.25) is 0 Å². The number of rotatable bonds is 7. The maximum absolute atomic E-state index is 5.55. The van der Waals surface area contributed by atoms with E-state index in [-0.39, 0.29) is 0 Å². The van der Waals surface area contributed by atoms with Crippen LogP contribution in [0, 0.1) is 0 Å². The second-order valence-electron chi connectivity index (χ2n) is 2.77. The van der Waals surface area contributed by atoms with Crippen LogP contribution in [0.5, 0.6) is 0 Å². The lowest BCUT2D eigenvalue weighted by atomic mass is 10.1. The quantitative estimate of drug-likeness (QED) is 0.309. The third-order valence-electron chi connectivity index (χ3n) is 1.66. The van der Waals surface area contributed by atoms with Crippen LogP contribution in [0.3, 0.4) is 0 Å². The molecule has 66 valence electrons. The fourth-order valence-electron chi connectivity index (χ4n) is 0.995. The minimum atomic E-state index is 0.824. The molecular formula is C10H19Cl. The molecule has 1 heteroatoms. The number of unbranched alkanes of at least 4 members (excludes halogenated alkanes) is 4. The standard InChI is InChI=1S/C10H19Cl/c1-2-3-4-5-6-7-8-9-10-11/h3-4H,2,5-10H2,1H3. The van der Waals surface area contributed by atoms with Crippen LogP contribution < -0.4 is 0 Å². The van der Waals surface area contributed by atoms with Crippen LogP contribution in [0.25, 0.3) is 0 Å². The molecule has 0 saturated carbocycles. The Labute approximate surface area is 75.6 Å². The summed E-state index contributed by atoms with van der Waals surface area (Å²) in [4.78, 5) is 0.